The molecular formula is C10H8BrNO2. The topological polar surface area (TPSA) is 42.2 Å². The van der Waals surface area contributed by atoms with Crippen LogP contribution in [0, 0.1) is 11.3 Å². The predicted octanol–water partition coefficient (Wildman–Crippen LogP) is 2.63. The molecule has 0 bridgehead atoms. The SMILES string of the molecule is N#CCCc1cc2c(cc1Br)OCO2. The Bertz CT molecular complexity index is 398. The van der Waals surface area contributed by atoms with E-state index in [0.717, 1.165) is 28.0 Å². The van der Waals surface area contributed by atoms with E-state index in [-0.39, 0.29) is 6.79 Å². The molecule has 0 saturated carbocycles. The van der Waals surface area contributed by atoms with Gasteiger partial charge in [-0.15, -0.1) is 0 Å². The van der Waals surface area contributed by atoms with Crippen LogP contribution in [0.2, 0.25) is 0 Å². The van der Waals surface area contributed by atoms with Crippen molar-refractivity contribution < 1.29 is 9.47 Å². The van der Waals surface area contributed by atoms with Crippen molar-refractivity contribution in [1.82, 2.24) is 0 Å². The quantitative estimate of drug-likeness (QED) is 0.814. The van der Waals surface area contributed by atoms with E-state index >= 15 is 0 Å². The van der Waals surface area contributed by atoms with E-state index in [1.807, 2.05) is 12.1 Å². The van der Waals surface area contributed by atoms with Crippen LogP contribution in [0.4, 0.5) is 0 Å². The van der Waals surface area contributed by atoms with E-state index in [4.69, 9.17) is 14.7 Å². The van der Waals surface area contributed by atoms with Crippen LogP contribution in [0.1, 0.15) is 12.0 Å². The van der Waals surface area contributed by atoms with Gasteiger partial charge < -0.3 is 9.47 Å². The zero-order valence-corrected chi connectivity index (χ0v) is 9.00. The molecule has 0 aliphatic carbocycles. The minimum atomic E-state index is 0.281. The molecular weight excluding hydrogens is 246 g/mol. The van der Waals surface area contributed by atoms with Gasteiger partial charge in [0.25, 0.3) is 0 Å². The molecule has 0 amide bonds. The van der Waals surface area contributed by atoms with Gasteiger partial charge in [-0.3, -0.25) is 0 Å². The van der Waals surface area contributed by atoms with Crippen LogP contribution in [0.15, 0.2) is 16.6 Å². The standard InChI is InChI=1S/C10H8BrNO2/c11-8-5-10-9(13-6-14-10)4-7(8)2-1-3-12/h4-5H,1-2,6H2. The van der Waals surface area contributed by atoms with Gasteiger partial charge in [0, 0.05) is 10.9 Å². The van der Waals surface area contributed by atoms with Gasteiger partial charge in [0.2, 0.25) is 6.79 Å². The third-order valence-electron chi connectivity index (χ3n) is 2.05. The highest BCUT2D eigenvalue weighted by Gasteiger charge is 2.15. The molecule has 1 heterocycles. The Kier molecular flexibility index (Phi) is 2.60. The molecule has 1 aromatic carbocycles. The van der Waals surface area contributed by atoms with E-state index in [9.17, 15) is 0 Å². The van der Waals surface area contributed by atoms with Crippen molar-refractivity contribution in [2.24, 2.45) is 0 Å². The first kappa shape index (κ1) is 9.35. The average Bonchev–Trinajstić information content (AvgIpc) is 2.61. The molecule has 0 N–H and O–H groups in total. The average molecular weight is 254 g/mol. The molecule has 0 unspecified atom stereocenters. The van der Waals surface area contributed by atoms with Crippen LogP contribution in [0.5, 0.6) is 11.5 Å². The summed E-state index contributed by atoms with van der Waals surface area (Å²) in [4.78, 5) is 0. The second kappa shape index (κ2) is 3.89. The summed E-state index contributed by atoms with van der Waals surface area (Å²) in [6, 6.07) is 5.92. The number of hydrogen-bond acceptors (Lipinski definition) is 3. The summed E-state index contributed by atoms with van der Waals surface area (Å²) >= 11 is 3.44. The molecule has 3 nitrogen and oxygen atoms in total. The molecule has 0 saturated heterocycles. The van der Waals surface area contributed by atoms with Gasteiger partial charge >= 0.3 is 0 Å². The molecule has 0 fully saturated rings. The Morgan fingerprint density at radius 2 is 2.07 bits per heavy atom. The Morgan fingerprint density at radius 3 is 2.79 bits per heavy atom. The predicted molar refractivity (Wildman–Crippen MR) is 54.2 cm³/mol. The van der Waals surface area contributed by atoms with Crippen LogP contribution in [0.3, 0.4) is 0 Å². The fourth-order valence-electron chi connectivity index (χ4n) is 1.34. The minimum absolute atomic E-state index is 0.281. The second-order valence-corrected chi connectivity index (χ2v) is 3.81. The Balaban J connectivity index is 2.29. The van der Waals surface area contributed by atoms with E-state index in [2.05, 4.69) is 22.0 Å². The molecule has 1 aromatic rings. The van der Waals surface area contributed by atoms with Gasteiger partial charge in [0.05, 0.1) is 6.07 Å². The number of aryl methyl sites for hydroxylation is 1. The van der Waals surface area contributed by atoms with Crippen LogP contribution < -0.4 is 9.47 Å². The molecule has 0 spiro atoms. The van der Waals surface area contributed by atoms with Crippen LogP contribution in [-0.2, 0) is 6.42 Å². The number of hydrogen-bond donors (Lipinski definition) is 0. The molecule has 2 rings (SSSR count). The van der Waals surface area contributed by atoms with Crippen molar-refractivity contribution in [1.29, 1.82) is 5.26 Å². The van der Waals surface area contributed by atoms with Crippen LogP contribution in [0.25, 0.3) is 0 Å². The maximum atomic E-state index is 8.49. The number of fused-ring (bicyclic) bond motifs is 1. The molecule has 72 valence electrons. The van der Waals surface area contributed by atoms with Gasteiger partial charge in [0.1, 0.15) is 0 Å². The van der Waals surface area contributed by atoms with E-state index in [1.54, 1.807) is 0 Å². The number of rotatable bonds is 2. The van der Waals surface area contributed by atoms with Crippen molar-refractivity contribution in [3.8, 4) is 17.6 Å². The van der Waals surface area contributed by atoms with Gasteiger partial charge in [-0.25, -0.2) is 0 Å². The number of halogens is 1. The first-order chi connectivity index (χ1) is 6.81. The number of ether oxygens (including phenoxy) is 2. The van der Waals surface area contributed by atoms with Crippen LogP contribution >= 0.6 is 15.9 Å². The summed E-state index contributed by atoms with van der Waals surface area (Å²) in [7, 11) is 0. The maximum Gasteiger partial charge on any atom is 0.231 e. The highest BCUT2D eigenvalue weighted by atomic mass is 79.9. The van der Waals surface area contributed by atoms with Crippen molar-refractivity contribution in [2.75, 3.05) is 6.79 Å². The van der Waals surface area contributed by atoms with E-state index in [1.165, 1.54) is 0 Å². The third-order valence-corrected chi connectivity index (χ3v) is 2.79. The maximum absolute atomic E-state index is 8.49. The summed E-state index contributed by atoms with van der Waals surface area (Å²) < 4.78 is 11.4. The lowest BCUT2D eigenvalue weighted by atomic mass is 10.1. The zero-order chi connectivity index (χ0) is 9.97. The Labute approximate surface area is 90.4 Å². The smallest absolute Gasteiger partial charge is 0.231 e. The number of nitriles is 1. The van der Waals surface area contributed by atoms with Crippen LogP contribution in [-0.4, -0.2) is 6.79 Å². The normalized spacial score (nSPS) is 12.6. The molecule has 0 atom stereocenters. The van der Waals surface area contributed by atoms with Crippen molar-refractivity contribution in [2.45, 2.75) is 12.8 Å². The van der Waals surface area contributed by atoms with Crippen molar-refractivity contribution in [3.05, 3.63) is 22.2 Å². The summed E-state index contributed by atoms with van der Waals surface area (Å²) in [6.45, 7) is 0.281. The van der Waals surface area contributed by atoms with Gasteiger partial charge in [-0.1, -0.05) is 15.9 Å². The lowest BCUT2D eigenvalue weighted by Crippen LogP contribution is -1.92. The first-order valence-electron chi connectivity index (χ1n) is 4.26. The summed E-state index contributed by atoms with van der Waals surface area (Å²) in [5.74, 6) is 1.53. The van der Waals surface area contributed by atoms with Crippen molar-refractivity contribution >= 4 is 15.9 Å². The lowest BCUT2D eigenvalue weighted by molar-refractivity contribution is 0.174. The zero-order valence-electron chi connectivity index (χ0n) is 7.42. The molecule has 0 radical (unpaired) electrons. The summed E-state index contributed by atoms with van der Waals surface area (Å²) in [6.07, 6.45) is 1.24. The lowest BCUT2D eigenvalue weighted by Gasteiger charge is -2.03. The molecule has 0 aromatic heterocycles. The summed E-state index contributed by atoms with van der Waals surface area (Å²) in [5, 5.41) is 8.49. The van der Waals surface area contributed by atoms with Gasteiger partial charge in [-0.2, -0.15) is 5.26 Å². The van der Waals surface area contributed by atoms with E-state index < -0.39 is 0 Å². The minimum Gasteiger partial charge on any atom is -0.454 e. The molecule has 1 aliphatic heterocycles. The monoisotopic (exact) mass is 253 g/mol. The van der Waals surface area contributed by atoms with Gasteiger partial charge in [0.15, 0.2) is 11.5 Å². The number of nitrogens with zero attached hydrogens (tertiary/aromatic N) is 1. The highest BCUT2D eigenvalue weighted by molar-refractivity contribution is 9.10. The fraction of sp³-hybridized carbons (Fsp3) is 0.300. The van der Waals surface area contributed by atoms with E-state index in [0.29, 0.717) is 6.42 Å². The molecule has 1 aliphatic rings. The molecule has 4 heteroatoms. The third kappa shape index (κ3) is 1.68. The van der Waals surface area contributed by atoms with Gasteiger partial charge in [-0.05, 0) is 24.1 Å². The molecule has 14 heavy (non-hydrogen) atoms. The summed E-state index contributed by atoms with van der Waals surface area (Å²) in [5.41, 5.74) is 1.08. The Hall–Kier alpha value is -1.21. The Morgan fingerprint density at radius 1 is 1.36 bits per heavy atom. The largest absolute Gasteiger partial charge is 0.454 e. The first-order valence-corrected chi connectivity index (χ1v) is 5.05. The fourth-order valence-corrected chi connectivity index (χ4v) is 1.86. The highest BCUT2D eigenvalue weighted by Crippen LogP contribution is 2.37. The number of benzene rings is 1. The van der Waals surface area contributed by atoms with Crippen molar-refractivity contribution in [3.63, 3.8) is 0 Å². The second-order valence-electron chi connectivity index (χ2n) is 2.95.